The summed E-state index contributed by atoms with van der Waals surface area (Å²) in [7, 11) is 3.57. The number of ether oxygens (including phenoxy) is 3. The number of nitrogens with one attached hydrogen (secondary N) is 1. The molecule has 0 bridgehead atoms. The molecule has 2 aliphatic rings. The van der Waals surface area contributed by atoms with Crippen LogP contribution in [0.1, 0.15) is 22.7 Å². The molecule has 0 aliphatic carbocycles. The van der Waals surface area contributed by atoms with Crippen LogP contribution in [0.2, 0.25) is 0 Å². The first-order chi connectivity index (χ1) is 16.9. The van der Waals surface area contributed by atoms with Crippen LogP contribution in [0.25, 0.3) is 5.69 Å². The summed E-state index contributed by atoms with van der Waals surface area (Å²) in [6.07, 6.45) is 2.09. The van der Waals surface area contributed by atoms with E-state index in [9.17, 15) is 14.3 Å². The minimum absolute atomic E-state index is 0.0163. The second-order valence-corrected chi connectivity index (χ2v) is 8.63. The molecule has 1 aromatic heterocycles. The number of aromatic hydroxyl groups is 1. The maximum atomic E-state index is 14.4. The van der Waals surface area contributed by atoms with E-state index in [0.717, 1.165) is 28.7 Å². The molecule has 2 aliphatic heterocycles. The highest BCUT2D eigenvalue weighted by atomic mass is 32.1. The number of rotatable bonds is 5. The van der Waals surface area contributed by atoms with E-state index in [4.69, 9.17) is 26.4 Å². The van der Waals surface area contributed by atoms with E-state index in [0.29, 0.717) is 17.2 Å². The monoisotopic (exact) mass is 498 g/mol. The molecule has 2 N–H and O–H groups in total. The SMILES string of the molecule is COc1c2c(cc3c1[C@@H](CN=Cc1c(O)n(-c4ccccc4F)c(=S)[nH]c1=O)N(C)CC3)OCO2. The number of likely N-dealkylation sites (N-methyl/N-ethyl adjacent to an activating group) is 1. The van der Waals surface area contributed by atoms with E-state index < -0.39 is 17.3 Å². The van der Waals surface area contributed by atoms with Crippen molar-refractivity contribution in [2.24, 2.45) is 4.99 Å². The summed E-state index contributed by atoms with van der Waals surface area (Å²) < 4.78 is 32.2. The Morgan fingerprint density at radius 1 is 1.37 bits per heavy atom. The Morgan fingerprint density at radius 2 is 2.17 bits per heavy atom. The highest BCUT2D eigenvalue weighted by Gasteiger charge is 2.33. The number of para-hydroxylation sites is 1. The average Bonchev–Trinajstić information content (AvgIpc) is 3.30. The van der Waals surface area contributed by atoms with E-state index in [1.165, 1.54) is 24.4 Å². The summed E-state index contributed by atoms with van der Waals surface area (Å²) in [5.41, 5.74) is 1.30. The lowest BCUT2D eigenvalue weighted by Crippen LogP contribution is -2.34. The van der Waals surface area contributed by atoms with Gasteiger partial charge in [0, 0.05) is 18.3 Å². The first-order valence-electron chi connectivity index (χ1n) is 10.9. The first kappa shape index (κ1) is 23.1. The zero-order valence-electron chi connectivity index (χ0n) is 19.1. The largest absolute Gasteiger partial charge is 0.494 e. The molecule has 0 fully saturated rings. The van der Waals surface area contributed by atoms with Gasteiger partial charge in [-0.15, -0.1) is 0 Å². The van der Waals surface area contributed by atoms with Crippen LogP contribution in [-0.2, 0) is 6.42 Å². The second-order valence-electron chi connectivity index (χ2n) is 8.24. The summed E-state index contributed by atoms with van der Waals surface area (Å²) >= 11 is 5.16. The van der Waals surface area contributed by atoms with Crippen molar-refractivity contribution in [2.45, 2.75) is 12.5 Å². The third-order valence-electron chi connectivity index (χ3n) is 6.26. The van der Waals surface area contributed by atoms with Gasteiger partial charge in [0.25, 0.3) is 5.56 Å². The molecule has 2 aromatic carbocycles. The lowest BCUT2D eigenvalue weighted by Gasteiger charge is -2.35. The fraction of sp³-hybridized carbons (Fsp3) is 0.292. The number of fused-ring (bicyclic) bond motifs is 2. The van der Waals surface area contributed by atoms with Gasteiger partial charge < -0.3 is 19.3 Å². The fourth-order valence-corrected chi connectivity index (χ4v) is 4.79. The van der Waals surface area contributed by atoms with E-state index in [1.54, 1.807) is 13.2 Å². The summed E-state index contributed by atoms with van der Waals surface area (Å²) in [5.74, 6) is 0.739. The Hall–Kier alpha value is -3.70. The molecule has 182 valence electrons. The van der Waals surface area contributed by atoms with Crippen molar-refractivity contribution >= 4 is 18.4 Å². The average molecular weight is 499 g/mol. The van der Waals surface area contributed by atoms with Gasteiger partial charge in [0.05, 0.1) is 25.4 Å². The van der Waals surface area contributed by atoms with Crippen LogP contribution in [0, 0.1) is 10.6 Å². The molecule has 0 saturated carbocycles. The molecular formula is C24H23FN4O5S. The Kier molecular flexibility index (Phi) is 6.03. The lowest BCUT2D eigenvalue weighted by atomic mass is 9.91. The Balaban J connectivity index is 1.52. The van der Waals surface area contributed by atoms with Gasteiger partial charge in [-0.25, -0.2) is 4.39 Å². The number of hydrogen-bond donors (Lipinski definition) is 2. The first-order valence-corrected chi connectivity index (χ1v) is 11.3. The minimum atomic E-state index is -0.623. The van der Waals surface area contributed by atoms with Crippen molar-refractivity contribution < 1.29 is 23.7 Å². The molecule has 1 atom stereocenters. The molecule has 3 heterocycles. The van der Waals surface area contributed by atoms with Gasteiger partial charge in [-0.05, 0) is 49.4 Å². The summed E-state index contributed by atoms with van der Waals surface area (Å²) in [4.78, 5) is 21.7. The minimum Gasteiger partial charge on any atom is -0.494 e. The maximum Gasteiger partial charge on any atom is 0.264 e. The zero-order chi connectivity index (χ0) is 24.7. The number of methoxy groups -OCH3 is 1. The fourth-order valence-electron chi connectivity index (χ4n) is 4.51. The van der Waals surface area contributed by atoms with E-state index >= 15 is 0 Å². The molecule has 3 aromatic rings. The van der Waals surface area contributed by atoms with Crippen LogP contribution in [0.4, 0.5) is 4.39 Å². The normalized spacial score (nSPS) is 17.1. The van der Waals surface area contributed by atoms with Crippen molar-refractivity contribution in [2.75, 3.05) is 34.0 Å². The number of hydrogen-bond acceptors (Lipinski definition) is 8. The van der Waals surface area contributed by atoms with Gasteiger partial charge in [0.15, 0.2) is 16.3 Å². The van der Waals surface area contributed by atoms with Gasteiger partial charge in [-0.3, -0.25) is 24.2 Å². The standard InChI is InChI=1S/C24H23FN4O5S/c1-28-8-7-13-9-18-20(34-12-33-18)21(32-2)19(13)17(28)11-26-10-14-22(30)27-24(35)29(23(14)31)16-6-4-3-5-15(16)25/h3-6,9-10,17,31H,7-8,11-12H2,1-2H3,(H,27,30,35)/t17-/m1/s1. The van der Waals surface area contributed by atoms with Crippen LogP contribution >= 0.6 is 12.2 Å². The van der Waals surface area contributed by atoms with Crippen LogP contribution < -0.4 is 19.8 Å². The molecule has 35 heavy (non-hydrogen) atoms. The zero-order valence-corrected chi connectivity index (χ0v) is 19.9. The van der Waals surface area contributed by atoms with Crippen molar-refractivity contribution in [1.82, 2.24) is 14.5 Å². The van der Waals surface area contributed by atoms with Crippen LogP contribution in [0.15, 0.2) is 40.1 Å². The molecule has 0 amide bonds. The number of H-pyrrole nitrogens is 1. The van der Waals surface area contributed by atoms with Gasteiger partial charge in [-0.1, -0.05) is 12.1 Å². The van der Waals surface area contributed by atoms with Gasteiger partial charge >= 0.3 is 0 Å². The Morgan fingerprint density at radius 3 is 2.94 bits per heavy atom. The molecule has 9 nitrogen and oxygen atoms in total. The van der Waals surface area contributed by atoms with Crippen molar-refractivity contribution in [1.29, 1.82) is 0 Å². The van der Waals surface area contributed by atoms with Gasteiger partial charge in [0.2, 0.25) is 18.4 Å². The number of benzene rings is 2. The molecule has 5 rings (SSSR count). The predicted molar refractivity (Wildman–Crippen MR) is 129 cm³/mol. The molecule has 0 radical (unpaired) electrons. The topological polar surface area (TPSA) is 101 Å². The van der Waals surface area contributed by atoms with Crippen LogP contribution in [-0.4, -0.2) is 59.8 Å². The van der Waals surface area contributed by atoms with E-state index in [1.807, 2.05) is 13.1 Å². The van der Waals surface area contributed by atoms with E-state index in [-0.39, 0.29) is 35.4 Å². The highest BCUT2D eigenvalue weighted by molar-refractivity contribution is 7.71. The van der Waals surface area contributed by atoms with Crippen molar-refractivity contribution in [3.05, 3.63) is 68.0 Å². The highest BCUT2D eigenvalue weighted by Crippen LogP contribution is 2.49. The van der Waals surface area contributed by atoms with Crippen LogP contribution in [0.3, 0.4) is 0 Å². The lowest BCUT2D eigenvalue weighted by molar-refractivity contribution is 0.170. The quantitative estimate of drug-likeness (QED) is 0.412. The molecule has 0 unspecified atom stereocenters. The molecule has 11 heteroatoms. The van der Waals surface area contributed by atoms with E-state index in [2.05, 4.69) is 14.9 Å². The summed E-state index contributed by atoms with van der Waals surface area (Å²) in [6.45, 7) is 1.20. The summed E-state index contributed by atoms with van der Waals surface area (Å²) in [6, 6.07) is 7.62. The third kappa shape index (κ3) is 3.96. The predicted octanol–water partition coefficient (Wildman–Crippen LogP) is 3.13. The smallest absolute Gasteiger partial charge is 0.264 e. The number of aromatic amines is 1. The maximum absolute atomic E-state index is 14.4. The third-order valence-corrected chi connectivity index (χ3v) is 6.54. The van der Waals surface area contributed by atoms with Crippen molar-refractivity contribution in [3.63, 3.8) is 0 Å². The van der Waals surface area contributed by atoms with Gasteiger partial charge in [-0.2, -0.15) is 0 Å². The summed E-state index contributed by atoms with van der Waals surface area (Å²) in [5, 5.41) is 10.8. The second kappa shape index (κ2) is 9.16. The number of halogens is 1. The Bertz CT molecular complexity index is 1450. The van der Waals surface area contributed by atoms with Crippen LogP contribution in [0.5, 0.6) is 23.1 Å². The number of aliphatic imine (C=N–C) groups is 1. The molecule has 0 spiro atoms. The molecule has 0 saturated heterocycles. The number of nitrogens with zero attached hydrogens (tertiary/aromatic N) is 3. The Labute approximate surface area is 205 Å². The van der Waals surface area contributed by atoms with Crippen molar-refractivity contribution in [3.8, 4) is 28.8 Å². The number of aromatic nitrogens is 2. The molecular weight excluding hydrogens is 475 g/mol. The van der Waals surface area contributed by atoms with Gasteiger partial charge in [0.1, 0.15) is 11.4 Å².